The maximum Gasteiger partial charge on any atom is 0.335 e. The van der Waals surface area contributed by atoms with E-state index in [9.17, 15) is 19.2 Å². The number of halogens is 2. The van der Waals surface area contributed by atoms with Gasteiger partial charge in [-0.25, -0.2) is 9.69 Å². The van der Waals surface area contributed by atoms with E-state index in [0.717, 1.165) is 16.0 Å². The Morgan fingerprint density at radius 2 is 1.77 bits per heavy atom. The molecule has 5 amide bonds. The number of urea groups is 1. The lowest BCUT2D eigenvalue weighted by molar-refractivity contribution is -0.122. The highest BCUT2D eigenvalue weighted by molar-refractivity contribution is 6.39. The van der Waals surface area contributed by atoms with Gasteiger partial charge in [0, 0.05) is 10.7 Å². The van der Waals surface area contributed by atoms with Gasteiger partial charge >= 0.3 is 6.03 Å². The number of anilines is 2. The summed E-state index contributed by atoms with van der Waals surface area (Å²) in [4.78, 5) is 51.5. The normalized spacial score (nSPS) is 14.3. The first-order chi connectivity index (χ1) is 19.1. The molecular formula is C29H25Cl2N3O6. The third-order valence-corrected chi connectivity index (χ3v) is 6.46. The smallest absolute Gasteiger partial charge is 0.335 e. The van der Waals surface area contributed by atoms with Gasteiger partial charge < -0.3 is 14.8 Å². The average molecular weight is 582 g/mol. The molecule has 206 valence electrons. The summed E-state index contributed by atoms with van der Waals surface area (Å²) >= 11 is 12.5. The molecule has 3 aromatic carbocycles. The number of carbonyl (C=O) groups excluding carboxylic acids is 4. The molecule has 9 nitrogen and oxygen atoms in total. The van der Waals surface area contributed by atoms with Crippen molar-refractivity contribution in [1.29, 1.82) is 0 Å². The summed E-state index contributed by atoms with van der Waals surface area (Å²) in [6.45, 7) is 5.58. The Morgan fingerprint density at radius 1 is 1.00 bits per heavy atom. The Kier molecular flexibility index (Phi) is 8.77. The molecule has 0 spiro atoms. The zero-order valence-corrected chi connectivity index (χ0v) is 23.4. The Balaban J connectivity index is 1.57. The third-order valence-electron chi connectivity index (χ3n) is 5.95. The number of aryl methyl sites for hydroxylation is 2. The quantitative estimate of drug-likeness (QED) is 0.261. The second-order valence-corrected chi connectivity index (χ2v) is 9.68. The maximum atomic E-state index is 13.2. The summed E-state index contributed by atoms with van der Waals surface area (Å²) in [5.41, 5.74) is 3.00. The van der Waals surface area contributed by atoms with Crippen LogP contribution in [0.1, 0.15) is 23.6 Å². The van der Waals surface area contributed by atoms with Crippen molar-refractivity contribution in [2.45, 2.75) is 20.8 Å². The van der Waals surface area contributed by atoms with Gasteiger partial charge in [0.1, 0.15) is 5.57 Å². The number of nitrogens with one attached hydrogen (secondary N) is 2. The fourth-order valence-corrected chi connectivity index (χ4v) is 4.36. The minimum Gasteiger partial charge on any atom is -0.490 e. The van der Waals surface area contributed by atoms with E-state index in [0.29, 0.717) is 16.3 Å². The lowest BCUT2D eigenvalue weighted by Gasteiger charge is -2.26. The first-order valence-corrected chi connectivity index (χ1v) is 13.0. The highest BCUT2D eigenvalue weighted by atomic mass is 35.5. The van der Waals surface area contributed by atoms with Crippen LogP contribution in [0.5, 0.6) is 11.5 Å². The molecule has 0 atom stereocenters. The monoisotopic (exact) mass is 581 g/mol. The number of carbonyl (C=O) groups is 4. The molecule has 1 fully saturated rings. The number of imide groups is 2. The highest BCUT2D eigenvalue weighted by Gasteiger charge is 2.37. The topological polar surface area (TPSA) is 114 Å². The van der Waals surface area contributed by atoms with Crippen molar-refractivity contribution in [3.8, 4) is 11.5 Å². The van der Waals surface area contributed by atoms with Gasteiger partial charge in [-0.1, -0.05) is 35.3 Å². The van der Waals surface area contributed by atoms with Gasteiger partial charge in [0.15, 0.2) is 18.1 Å². The van der Waals surface area contributed by atoms with Crippen LogP contribution in [0, 0.1) is 13.8 Å². The van der Waals surface area contributed by atoms with Crippen molar-refractivity contribution in [2.75, 3.05) is 23.4 Å². The number of nitrogens with zero attached hydrogens (tertiary/aromatic N) is 1. The molecule has 11 heteroatoms. The van der Waals surface area contributed by atoms with Crippen LogP contribution in [-0.2, 0) is 14.4 Å². The van der Waals surface area contributed by atoms with E-state index < -0.39 is 23.8 Å². The van der Waals surface area contributed by atoms with Crippen LogP contribution in [0.25, 0.3) is 6.08 Å². The van der Waals surface area contributed by atoms with Crippen molar-refractivity contribution in [3.63, 3.8) is 0 Å². The average Bonchev–Trinajstić information content (AvgIpc) is 2.88. The fourth-order valence-electron chi connectivity index (χ4n) is 3.90. The summed E-state index contributed by atoms with van der Waals surface area (Å²) in [6.07, 6.45) is 1.28. The Labute approximate surface area is 240 Å². The van der Waals surface area contributed by atoms with Crippen LogP contribution in [0.15, 0.2) is 60.2 Å². The van der Waals surface area contributed by atoms with Crippen LogP contribution < -0.4 is 25.0 Å². The SMILES string of the molecule is CCOc1cc(/C=C2\C(=O)NC(=O)N(c3cccc(Cl)c3)C2=O)cc(Cl)c1OCC(=O)Nc1ccc(C)c(C)c1. The van der Waals surface area contributed by atoms with Gasteiger partial charge in [-0.3, -0.25) is 19.7 Å². The van der Waals surface area contributed by atoms with Crippen molar-refractivity contribution in [1.82, 2.24) is 5.32 Å². The molecule has 0 aromatic heterocycles. The molecular weight excluding hydrogens is 557 g/mol. The Hall–Kier alpha value is -4.34. The fraction of sp³-hybridized carbons (Fsp3) is 0.172. The van der Waals surface area contributed by atoms with E-state index in [1.165, 1.54) is 30.3 Å². The zero-order chi connectivity index (χ0) is 29.0. The van der Waals surface area contributed by atoms with Crippen LogP contribution in [0.2, 0.25) is 10.0 Å². The number of rotatable bonds is 8. The highest BCUT2D eigenvalue weighted by Crippen LogP contribution is 2.38. The van der Waals surface area contributed by atoms with E-state index in [4.69, 9.17) is 32.7 Å². The lowest BCUT2D eigenvalue weighted by Crippen LogP contribution is -2.54. The second-order valence-electron chi connectivity index (χ2n) is 8.84. The summed E-state index contributed by atoms with van der Waals surface area (Å²) in [6, 6.07) is 13.7. The number of barbiturate groups is 1. The van der Waals surface area contributed by atoms with Crippen LogP contribution in [0.4, 0.5) is 16.2 Å². The van der Waals surface area contributed by atoms with Gasteiger partial charge in [0.25, 0.3) is 17.7 Å². The molecule has 1 aliphatic rings. The van der Waals surface area contributed by atoms with E-state index in [-0.39, 0.29) is 41.0 Å². The van der Waals surface area contributed by atoms with Crippen molar-refractivity contribution < 1.29 is 28.7 Å². The molecule has 1 aliphatic heterocycles. The molecule has 2 N–H and O–H groups in total. The van der Waals surface area contributed by atoms with Crippen LogP contribution in [-0.4, -0.2) is 37.0 Å². The molecule has 0 aliphatic carbocycles. The summed E-state index contributed by atoms with van der Waals surface area (Å²) < 4.78 is 11.4. The molecule has 0 radical (unpaired) electrons. The number of ether oxygens (including phenoxy) is 2. The largest absolute Gasteiger partial charge is 0.490 e. The van der Waals surface area contributed by atoms with Gasteiger partial charge in [-0.15, -0.1) is 0 Å². The lowest BCUT2D eigenvalue weighted by atomic mass is 10.1. The van der Waals surface area contributed by atoms with Gasteiger partial charge in [-0.05, 0) is 86.0 Å². The molecule has 0 unspecified atom stereocenters. The molecule has 0 saturated carbocycles. The number of amides is 5. The van der Waals surface area contributed by atoms with Gasteiger partial charge in [0.2, 0.25) is 0 Å². The molecule has 3 aromatic rings. The Morgan fingerprint density at radius 3 is 2.48 bits per heavy atom. The predicted octanol–water partition coefficient (Wildman–Crippen LogP) is 5.69. The van der Waals surface area contributed by atoms with E-state index in [1.807, 2.05) is 26.0 Å². The molecule has 1 heterocycles. The number of benzene rings is 3. The van der Waals surface area contributed by atoms with Gasteiger partial charge in [0.05, 0.1) is 17.3 Å². The number of hydrogen-bond donors (Lipinski definition) is 2. The van der Waals surface area contributed by atoms with Crippen LogP contribution in [0.3, 0.4) is 0 Å². The molecule has 4 rings (SSSR count). The molecule has 0 bridgehead atoms. The first kappa shape index (κ1) is 28.7. The third kappa shape index (κ3) is 6.44. The zero-order valence-electron chi connectivity index (χ0n) is 21.8. The summed E-state index contributed by atoms with van der Waals surface area (Å²) in [7, 11) is 0. The minimum absolute atomic E-state index is 0.0863. The minimum atomic E-state index is -0.898. The van der Waals surface area contributed by atoms with Gasteiger partial charge in [-0.2, -0.15) is 0 Å². The second kappa shape index (κ2) is 12.2. The maximum absolute atomic E-state index is 13.2. The van der Waals surface area contributed by atoms with Crippen molar-refractivity contribution >= 4 is 64.4 Å². The van der Waals surface area contributed by atoms with Crippen LogP contribution >= 0.6 is 23.2 Å². The van der Waals surface area contributed by atoms with Crippen molar-refractivity contribution in [2.24, 2.45) is 0 Å². The number of hydrogen-bond acceptors (Lipinski definition) is 6. The summed E-state index contributed by atoms with van der Waals surface area (Å²) in [5, 5.41) is 5.33. The van der Waals surface area contributed by atoms with E-state index in [2.05, 4.69) is 10.6 Å². The molecule has 1 saturated heterocycles. The summed E-state index contributed by atoms with van der Waals surface area (Å²) in [5.74, 6) is -1.79. The molecule has 40 heavy (non-hydrogen) atoms. The Bertz CT molecular complexity index is 1550. The standard InChI is InChI=1S/C29H25Cl2N3O6/c1-4-39-24-13-18(11-22-27(36)33-29(38)34(28(22)37)21-7-5-6-19(30)14-21)12-23(31)26(24)40-15-25(35)32-20-9-8-16(2)17(3)10-20/h5-14H,4,15H2,1-3H3,(H,32,35)(H,33,36,38)/b22-11+. The van der Waals surface area contributed by atoms with E-state index >= 15 is 0 Å². The first-order valence-electron chi connectivity index (χ1n) is 12.2. The van der Waals surface area contributed by atoms with E-state index in [1.54, 1.807) is 25.1 Å². The predicted molar refractivity (Wildman–Crippen MR) is 153 cm³/mol. The van der Waals surface area contributed by atoms with Crippen molar-refractivity contribution in [3.05, 3.63) is 86.9 Å².